The van der Waals surface area contributed by atoms with Crippen LogP contribution < -0.4 is 10.6 Å². The van der Waals surface area contributed by atoms with E-state index < -0.39 is 0 Å². The molecule has 1 saturated heterocycles. The van der Waals surface area contributed by atoms with Gasteiger partial charge in [0.25, 0.3) is 11.8 Å². The van der Waals surface area contributed by atoms with E-state index in [0.717, 1.165) is 9.80 Å². The Hall–Kier alpha value is -2.02. The molecule has 4 amide bonds. The molecule has 0 bridgehead atoms. The molecule has 0 radical (unpaired) electrons. The second-order valence-electron chi connectivity index (χ2n) is 6.97. The van der Waals surface area contributed by atoms with E-state index in [0.29, 0.717) is 11.5 Å². The third-order valence-electron chi connectivity index (χ3n) is 4.69. The molecule has 12 heteroatoms. The summed E-state index contributed by atoms with van der Waals surface area (Å²) in [4.78, 5) is 67.5. The number of imide groups is 2. The highest BCUT2D eigenvalue weighted by Gasteiger charge is 2.36. The molecule has 3 unspecified atom stereocenters. The molecule has 2 rings (SSSR count). The highest BCUT2D eigenvalue weighted by molar-refractivity contribution is 8.00. The Morgan fingerprint density at radius 1 is 1.00 bits per heavy atom. The van der Waals surface area contributed by atoms with Crippen LogP contribution in [0.3, 0.4) is 0 Å². The minimum Gasteiger partial charge on any atom is -0.310 e. The number of carbonyl (C=O) groups is 6. The van der Waals surface area contributed by atoms with Crippen molar-refractivity contribution >= 4 is 59.6 Å². The van der Waals surface area contributed by atoms with Crippen LogP contribution in [0.5, 0.6) is 0 Å². The molecule has 0 saturated carbocycles. The third kappa shape index (κ3) is 9.63. The van der Waals surface area contributed by atoms with Crippen molar-refractivity contribution in [1.82, 2.24) is 20.4 Å². The SMILES string of the molecule is CN1C(=O)C=CC1=O.CNC(CS)C(C)=O.CNC(CSC1CC(=O)N(C)C1=O)C(C)=O. The third-order valence-corrected chi connectivity index (χ3v) is 6.36. The zero-order valence-corrected chi connectivity index (χ0v) is 20.9. The smallest absolute Gasteiger partial charge is 0.253 e. The Labute approximate surface area is 198 Å². The van der Waals surface area contributed by atoms with E-state index in [4.69, 9.17) is 0 Å². The lowest BCUT2D eigenvalue weighted by Crippen LogP contribution is -2.36. The predicted molar refractivity (Wildman–Crippen MR) is 126 cm³/mol. The molecule has 180 valence electrons. The average Bonchev–Trinajstić information content (AvgIpc) is 3.16. The number of nitrogens with zero attached hydrogens (tertiary/aromatic N) is 2. The van der Waals surface area contributed by atoms with Crippen LogP contribution in [0.2, 0.25) is 0 Å². The summed E-state index contributed by atoms with van der Waals surface area (Å²) in [5.41, 5.74) is 0. The van der Waals surface area contributed by atoms with E-state index in [2.05, 4.69) is 23.3 Å². The largest absolute Gasteiger partial charge is 0.310 e. The fraction of sp³-hybridized carbons (Fsp3) is 0.600. The molecule has 2 N–H and O–H groups in total. The number of thioether (sulfide) groups is 1. The molecule has 2 aliphatic rings. The summed E-state index contributed by atoms with van der Waals surface area (Å²) >= 11 is 5.32. The number of ketones is 2. The van der Waals surface area contributed by atoms with Crippen molar-refractivity contribution in [3.05, 3.63) is 12.2 Å². The fourth-order valence-corrected chi connectivity index (χ4v) is 4.19. The van der Waals surface area contributed by atoms with E-state index in [1.54, 1.807) is 21.0 Å². The molecule has 2 heterocycles. The number of hydrogen-bond donors (Lipinski definition) is 3. The minimum absolute atomic E-state index is 0.0418. The van der Waals surface area contributed by atoms with Crippen molar-refractivity contribution in [2.45, 2.75) is 37.6 Å². The Kier molecular flexibility index (Phi) is 14.0. The Morgan fingerprint density at radius 2 is 1.47 bits per heavy atom. The van der Waals surface area contributed by atoms with E-state index in [1.165, 1.54) is 44.9 Å². The number of likely N-dealkylation sites (tertiary alicyclic amines) is 1. The standard InChI is InChI=1S/C10H16N2O3S.C5H5NO2.C5H11NOS/c1-6(13)7(11-2)5-16-8-4-9(14)12(3)10(8)15;1-6-4(7)2-3-5(6)8;1-4(7)5(3-8)6-2/h7-8,11H,4-5H2,1-3H3;2-3H,1H3;5-6,8H,3H2,1-2H3. The fourth-order valence-electron chi connectivity index (χ4n) is 2.37. The molecular formula is C20H32N4O6S2. The van der Waals surface area contributed by atoms with Gasteiger partial charge in [-0.15, -0.1) is 11.8 Å². The molecule has 0 aliphatic carbocycles. The number of carbonyl (C=O) groups excluding carboxylic acids is 6. The van der Waals surface area contributed by atoms with Crippen molar-refractivity contribution in [3.63, 3.8) is 0 Å². The summed E-state index contributed by atoms with van der Waals surface area (Å²) in [5, 5.41) is 5.38. The highest BCUT2D eigenvalue weighted by atomic mass is 32.2. The Bertz CT molecular complexity index is 736. The number of nitrogens with one attached hydrogen (secondary N) is 2. The van der Waals surface area contributed by atoms with Gasteiger partial charge in [0, 0.05) is 44.2 Å². The first-order valence-corrected chi connectivity index (χ1v) is 11.5. The highest BCUT2D eigenvalue weighted by Crippen LogP contribution is 2.24. The van der Waals surface area contributed by atoms with Crippen LogP contribution in [0.4, 0.5) is 0 Å². The average molecular weight is 489 g/mol. The van der Waals surface area contributed by atoms with E-state index in [-0.39, 0.29) is 58.9 Å². The van der Waals surface area contributed by atoms with Gasteiger partial charge in [0.15, 0.2) is 0 Å². The number of thiol groups is 1. The molecule has 3 atom stereocenters. The molecule has 10 nitrogen and oxygen atoms in total. The maximum absolute atomic E-state index is 11.6. The monoisotopic (exact) mass is 488 g/mol. The first kappa shape index (κ1) is 30.0. The molecule has 32 heavy (non-hydrogen) atoms. The van der Waals surface area contributed by atoms with Crippen molar-refractivity contribution in [1.29, 1.82) is 0 Å². The van der Waals surface area contributed by atoms with Crippen molar-refractivity contribution in [3.8, 4) is 0 Å². The lowest BCUT2D eigenvalue weighted by molar-refractivity contribution is -0.137. The van der Waals surface area contributed by atoms with Crippen molar-refractivity contribution in [2.75, 3.05) is 39.7 Å². The molecular weight excluding hydrogens is 456 g/mol. The van der Waals surface area contributed by atoms with E-state index in [1.807, 2.05) is 0 Å². The van der Waals surface area contributed by atoms with Gasteiger partial charge in [-0.25, -0.2) is 0 Å². The van der Waals surface area contributed by atoms with Gasteiger partial charge in [0.1, 0.15) is 11.6 Å². The van der Waals surface area contributed by atoms with Gasteiger partial charge < -0.3 is 10.6 Å². The minimum atomic E-state index is -0.326. The normalized spacial score (nSPS) is 19.3. The van der Waals surface area contributed by atoms with Crippen LogP contribution in [-0.4, -0.2) is 102 Å². The molecule has 1 fully saturated rings. The van der Waals surface area contributed by atoms with Gasteiger partial charge in [-0.2, -0.15) is 12.6 Å². The summed E-state index contributed by atoms with van der Waals surface area (Å²) in [7, 11) is 6.40. The number of Topliss-reactive ketones (excluding diaryl/α,β-unsaturated/α-hetero) is 2. The number of likely N-dealkylation sites (N-methyl/N-ethyl adjacent to an activating group) is 3. The van der Waals surface area contributed by atoms with Crippen LogP contribution in [0.25, 0.3) is 0 Å². The summed E-state index contributed by atoms with van der Waals surface area (Å²) < 4.78 is 0. The molecule has 0 spiro atoms. The molecule has 0 aromatic carbocycles. The Balaban J connectivity index is 0.000000504. The maximum atomic E-state index is 11.6. The number of rotatable bonds is 8. The van der Waals surface area contributed by atoms with Crippen LogP contribution in [-0.2, 0) is 28.8 Å². The van der Waals surface area contributed by atoms with Crippen molar-refractivity contribution in [2.24, 2.45) is 0 Å². The van der Waals surface area contributed by atoms with Gasteiger partial charge in [-0.1, -0.05) is 0 Å². The van der Waals surface area contributed by atoms with Gasteiger partial charge in [-0.3, -0.25) is 38.6 Å². The lowest BCUT2D eigenvalue weighted by Gasteiger charge is -2.14. The zero-order valence-electron chi connectivity index (χ0n) is 19.2. The zero-order chi connectivity index (χ0) is 25.0. The lowest BCUT2D eigenvalue weighted by atomic mass is 10.2. The first-order chi connectivity index (χ1) is 14.9. The number of hydrogen-bond acceptors (Lipinski definition) is 10. The molecule has 0 aromatic heterocycles. The molecule has 2 aliphatic heterocycles. The van der Waals surface area contributed by atoms with Gasteiger partial charge in [0.05, 0.1) is 17.3 Å². The summed E-state index contributed by atoms with van der Waals surface area (Å²) in [6.45, 7) is 3.06. The predicted octanol–water partition coefficient (Wildman–Crippen LogP) is -0.712. The topological polar surface area (TPSA) is 133 Å². The van der Waals surface area contributed by atoms with Crippen LogP contribution in [0.15, 0.2) is 12.2 Å². The summed E-state index contributed by atoms with van der Waals surface area (Å²) in [5.74, 6) is 0.488. The number of amides is 4. The summed E-state index contributed by atoms with van der Waals surface area (Å²) in [6.07, 6.45) is 2.75. The quantitative estimate of drug-likeness (QED) is 0.299. The summed E-state index contributed by atoms with van der Waals surface area (Å²) in [6, 6.07) is -0.322. The first-order valence-electron chi connectivity index (χ1n) is 9.79. The van der Waals surface area contributed by atoms with Gasteiger partial charge in [0.2, 0.25) is 11.8 Å². The maximum Gasteiger partial charge on any atom is 0.253 e. The molecule has 0 aromatic rings. The second kappa shape index (κ2) is 14.9. The van der Waals surface area contributed by atoms with E-state index >= 15 is 0 Å². The van der Waals surface area contributed by atoms with Crippen LogP contribution in [0, 0.1) is 0 Å². The Morgan fingerprint density at radius 3 is 1.69 bits per heavy atom. The van der Waals surface area contributed by atoms with Crippen molar-refractivity contribution < 1.29 is 28.8 Å². The van der Waals surface area contributed by atoms with Crippen LogP contribution >= 0.6 is 24.4 Å². The second-order valence-corrected chi connectivity index (χ2v) is 8.57. The van der Waals surface area contributed by atoms with Crippen LogP contribution in [0.1, 0.15) is 20.3 Å². The van der Waals surface area contributed by atoms with E-state index in [9.17, 15) is 28.8 Å². The van der Waals surface area contributed by atoms with Gasteiger partial charge >= 0.3 is 0 Å². The van der Waals surface area contributed by atoms with Gasteiger partial charge in [-0.05, 0) is 27.9 Å².